The van der Waals surface area contributed by atoms with E-state index in [4.69, 9.17) is 5.11 Å². The van der Waals surface area contributed by atoms with Crippen molar-refractivity contribution in [1.29, 1.82) is 0 Å². The maximum atomic E-state index is 12.7. The molecule has 0 aromatic rings. The maximum Gasteiger partial charge on any atom is 0.411 e. The number of amides is 1. The van der Waals surface area contributed by atoms with Gasteiger partial charge >= 0.3 is 12.1 Å². The molecule has 0 radical (unpaired) electrons. The molecule has 0 saturated heterocycles. The summed E-state index contributed by atoms with van der Waals surface area (Å²) in [5, 5.41) is 10.9. The fourth-order valence-corrected chi connectivity index (χ4v) is 2.54. The number of carboxylic acids is 1. The summed E-state index contributed by atoms with van der Waals surface area (Å²) >= 11 is 0. The lowest BCUT2D eigenvalue weighted by molar-refractivity contribution is -0.171. The van der Waals surface area contributed by atoms with Gasteiger partial charge in [-0.25, -0.2) is 0 Å². The second-order valence-corrected chi connectivity index (χ2v) is 5.46. The molecule has 4 nitrogen and oxygen atoms in total. The highest BCUT2D eigenvalue weighted by Gasteiger charge is 2.64. The van der Waals surface area contributed by atoms with Crippen molar-refractivity contribution in [2.24, 2.45) is 11.8 Å². The van der Waals surface area contributed by atoms with E-state index >= 15 is 0 Å². The molecule has 0 aromatic heterocycles. The molecule has 2 saturated carbocycles. The van der Waals surface area contributed by atoms with Crippen molar-refractivity contribution in [2.45, 2.75) is 50.2 Å². The van der Waals surface area contributed by atoms with Gasteiger partial charge in [-0.15, -0.1) is 0 Å². The van der Waals surface area contributed by atoms with Crippen LogP contribution in [-0.2, 0) is 9.59 Å². The third-order valence-electron chi connectivity index (χ3n) is 4.10. The quantitative estimate of drug-likeness (QED) is 0.831. The molecule has 1 amide bonds. The second kappa shape index (κ2) is 4.68. The van der Waals surface area contributed by atoms with Gasteiger partial charge in [0, 0.05) is 5.92 Å². The summed E-state index contributed by atoms with van der Waals surface area (Å²) in [4.78, 5) is 22.6. The first-order valence-corrected chi connectivity index (χ1v) is 6.37. The van der Waals surface area contributed by atoms with Crippen molar-refractivity contribution in [2.75, 3.05) is 0 Å². The molecule has 0 spiro atoms. The molecule has 108 valence electrons. The van der Waals surface area contributed by atoms with E-state index < -0.39 is 35.4 Å². The number of carbonyl (C=O) groups excluding carboxylic acids is 1. The molecule has 2 rings (SSSR count). The lowest BCUT2D eigenvalue weighted by Gasteiger charge is -2.28. The topological polar surface area (TPSA) is 66.4 Å². The Bertz CT molecular complexity index is 382. The van der Waals surface area contributed by atoms with Gasteiger partial charge in [0.1, 0.15) is 5.54 Å². The molecule has 0 bridgehead atoms. The van der Waals surface area contributed by atoms with Gasteiger partial charge in [0.05, 0.1) is 5.92 Å². The smallest absolute Gasteiger partial charge is 0.411 e. The summed E-state index contributed by atoms with van der Waals surface area (Å²) in [6, 6.07) is 0. The molecule has 0 unspecified atom stereocenters. The molecular weight excluding hydrogens is 263 g/mol. The average molecular weight is 279 g/mol. The summed E-state index contributed by atoms with van der Waals surface area (Å²) in [6.45, 7) is 0. The Morgan fingerprint density at radius 2 is 1.53 bits per heavy atom. The highest BCUT2D eigenvalue weighted by molar-refractivity contribution is 5.80. The Balaban J connectivity index is 1.87. The van der Waals surface area contributed by atoms with Gasteiger partial charge in [0.25, 0.3) is 0 Å². The van der Waals surface area contributed by atoms with Crippen LogP contribution in [0.5, 0.6) is 0 Å². The standard InChI is InChI=1S/C12H16F3NO3/c13-12(14,15)11(5-6-11)16-9(17)7-1-3-8(4-2-7)10(18)19/h7-8H,1-6H2,(H,16,17)(H,18,19). The van der Waals surface area contributed by atoms with E-state index in [0.717, 1.165) is 0 Å². The zero-order chi connectivity index (χ0) is 14.3. The van der Waals surface area contributed by atoms with Crippen LogP contribution in [0.25, 0.3) is 0 Å². The van der Waals surface area contributed by atoms with Crippen molar-refractivity contribution in [3.63, 3.8) is 0 Å². The SMILES string of the molecule is O=C(O)C1CCC(C(=O)NC2(C(F)(F)F)CC2)CC1. The lowest BCUT2D eigenvalue weighted by atomic mass is 9.81. The number of aliphatic carboxylic acids is 1. The fraction of sp³-hybridized carbons (Fsp3) is 0.833. The van der Waals surface area contributed by atoms with E-state index in [0.29, 0.717) is 25.7 Å². The first-order chi connectivity index (χ1) is 8.75. The van der Waals surface area contributed by atoms with Gasteiger partial charge in [0.2, 0.25) is 5.91 Å². The summed E-state index contributed by atoms with van der Waals surface area (Å²) in [5.74, 6) is -2.44. The lowest BCUT2D eigenvalue weighted by Crippen LogP contribution is -2.50. The van der Waals surface area contributed by atoms with Gasteiger partial charge < -0.3 is 10.4 Å². The van der Waals surface area contributed by atoms with E-state index in [-0.39, 0.29) is 12.8 Å². The number of halogens is 3. The third-order valence-corrected chi connectivity index (χ3v) is 4.10. The monoisotopic (exact) mass is 279 g/mol. The molecule has 7 heteroatoms. The van der Waals surface area contributed by atoms with Crippen LogP contribution >= 0.6 is 0 Å². The first kappa shape index (κ1) is 14.1. The van der Waals surface area contributed by atoms with E-state index in [1.807, 2.05) is 0 Å². The Morgan fingerprint density at radius 3 is 1.89 bits per heavy atom. The van der Waals surface area contributed by atoms with Crippen molar-refractivity contribution < 1.29 is 27.9 Å². The Labute approximate surface area is 108 Å². The zero-order valence-corrected chi connectivity index (χ0v) is 10.3. The van der Waals surface area contributed by atoms with Crippen LogP contribution < -0.4 is 5.32 Å². The summed E-state index contributed by atoms with van der Waals surface area (Å²) in [6.07, 6.45) is -3.13. The minimum absolute atomic E-state index is 0.0628. The van der Waals surface area contributed by atoms with Crippen molar-refractivity contribution >= 4 is 11.9 Å². The van der Waals surface area contributed by atoms with Crippen LogP contribution in [0.2, 0.25) is 0 Å². The summed E-state index contributed by atoms with van der Waals surface area (Å²) < 4.78 is 38.1. The highest BCUT2D eigenvalue weighted by Crippen LogP contribution is 2.49. The van der Waals surface area contributed by atoms with Crippen LogP contribution in [0.15, 0.2) is 0 Å². The van der Waals surface area contributed by atoms with Crippen molar-refractivity contribution in [3.8, 4) is 0 Å². The number of hydrogen-bond acceptors (Lipinski definition) is 2. The van der Waals surface area contributed by atoms with E-state index in [9.17, 15) is 22.8 Å². The molecule has 2 aliphatic carbocycles. The predicted octanol–water partition coefficient (Wildman–Crippen LogP) is 2.09. The number of nitrogens with one attached hydrogen (secondary N) is 1. The molecule has 0 atom stereocenters. The van der Waals surface area contributed by atoms with Gasteiger partial charge in [-0.05, 0) is 38.5 Å². The minimum atomic E-state index is -4.40. The predicted molar refractivity (Wildman–Crippen MR) is 59.2 cm³/mol. The molecule has 0 heterocycles. The number of rotatable bonds is 3. The van der Waals surface area contributed by atoms with Crippen LogP contribution in [0.3, 0.4) is 0 Å². The van der Waals surface area contributed by atoms with Crippen LogP contribution in [0, 0.1) is 11.8 Å². The Kier molecular flexibility index (Phi) is 3.49. The van der Waals surface area contributed by atoms with Gasteiger partial charge in [-0.3, -0.25) is 9.59 Å². The molecule has 2 fully saturated rings. The average Bonchev–Trinajstić information content (AvgIpc) is 3.09. The number of hydrogen-bond donors (Lipinski definition) is 2. The van der Waals surface area contributed by atoms with Crippen molar-refractivity contribution in [1.82, 2.24) is 5.32 Å². The molecular formula is C12H16F3NO3. The van der Waals surface area contributed by atoms with Crippen LogP contribution in [0.4, 0.5) is 13.2 Å². The van der Waals surface area contributed by atoms with E-state index in [1.54, 1.807) is 0 Å². The Morgan fingerprint density at radius 1 is 1.05 bits per heavy atom. The molecule has 19 heavy (non-hydrogen) atoms. The van der Waals surface area contributed by atoms with Gasteiger partial charge in [0.15, 0.2) is 0 Å². The Hall–Kier alpha value is -1.27. The zero-order valence-electron chi connectivity index (χ0n) is 10.3. The number of alkyl halides is 3. The third kappa shape index (κ3) is 2.84. The second-order valence-electron chi connectivity index (χ2n) is 5.46. The molecule has 0 aromatic carbocycles. The van der Waals surface area contributed by atoms with Crippen LogP contribution in [0.1, 0.15) is 38.5 Å². The van der Waals surface area contributed by atoms with Crippen molar-refractivity contribution in [3.05, 3.63) is 0 Å². The number of carbonyl (C=O) groups is 2. The summed E-state index contributed by atoms with van der Waals surface area (Å²) in [7, 11) is 0. The normalized spacial score (nSPS) is 29.6. The van der Waals surface area contributed by atoms with E-state index in [1.165, 1.54) is 0 Å². The van der Waals surface area contributed by atoms with Gasteiger partial charge in [-0.2, -0.15) is 13.2 Å². The highest BCUT2D eigenvalue weighted by atomic mass is 19.4. The number of carboxylic acid groups (broad SMARTS) is 1. The summed E-state index contributed by atoms with van der Waals surface area (Å²) in [5.41, 5.74) is -2.02. The maximum absolute atomic E-state index is 12.7. The molecule has 2 aliphatic rings. The minimum Gasteiger partial charge on any atom is -0.481 e. The van der Waals surface area contributed by atoms with Crippen LogP contribution in [-0.4, -0.2) is 28.7 Å². The van der Waals surface area contributed by atoms with E-state index in [2.05, 4.69) is 5.32 Å². The largest absolute Gasteiger partial charge is 0.481 e. The fourth-order valence-electron chi connectivity index (χ4n) is 2.54. The first-order valence-electron chi connectivity index (χ1n) is 6.37. The molecule has 0 aliphatic heterocycles. The molecule has 2 N–H and O–H groups in total. The van der Waals surface area contributed by atoms with Gasteiger partial charge in [-0.1, -0.05) is 0 Å².